The molecular weight excluding hydrogens is 318 g/mol. The van der Waals surface area contributed by atoms with Crippen molar-refractivity contribution in [3.63, 3.8) is 0 Å². The number of para-hydroxylation sites is 1. The molecule has 1 heterocycles. The maximum Gasteiger partial charge on any atom is 0.341 e. The highest BCUT2D eigenvalue weighted by atomic mass is 32.1. The number of carbonyl (C=O) groups excluding carboxylic acids is 1. The van der Waals surface area contributed by atoms with Crippen LogP contribution in [0.4, 0.5) is 0 Å². The summed E-state index contributed by atoms with van der Waals surface area (Å²) in [6.07, 6.45) is 1.81. The molecule has 0 fully saturated rings. The van der Waals surface area contributed by atoms with E-state index in [1.165, 1.54) is 11.1 Å². The second-order valence-electron chi connectivity index (χ2n) is 5.72. The van der Waals surface area contributed by atoms with Gasteiger partial charge in [-0.05, 0) is 25.5 Å². The largest absolute Gasteiger partial charge is 0.462 e. The van der Waals surface area contributed by atoms with Crippen molar-refractivity contribution in [3.05, 3.63) is 75.9 Å². The van der Waals surface area contributed by atoms with Crippen molar-refractivity contribution < 1.29 is 9.53 Å². The molecule has 0 saturated heterocycles. The summed E-state index contributed by atoms with van der Waals surface area (Å²) in [5.74, 6) is -0.370. The van der Waals surface area contributed by atoms with Gasteiger partial charge >= 0.3 is 5.97 Å². The van der Waals surface area contributed by atoms with Crippen LogP contribution in [0.5, 0.6) is 0 Å². The lowest BCUT2D eigenvalue weighted by Crippen LogP contribution is -2.11. The summed E-state index contributed by atoms with van der Waals surface area (Å²) < 4.78 is 7.76. The molecule has 2 aromatic carbocycles. The van der Waals surface area contributed by atoms with Crippen LogP contribution in [0, 0.1) is 11.4 Å². The number of rotatable bonds is 4. The molecule has 24 heavy (non-hydrogen) atoms. The van der Waals surface area contributed by atoms with E-state index in [9.17, 15) is 4.79 Å². The summed E-state index contributed by atoms with van der Waals surface area (Å²) in [5, 5.41) is 0.894. The molecule has 122 valence electrons. The molecule has 0 bridgehead atoms. The third kappa shape index (κ3) is 3.24. The highest BCUT2D eigenvalue weighted by Gasteiger charge is 2.14. The lowest BCUT2D eigenvalue weighted by atomic mass is 10.1. The Morgan fingerprint density at radius 3 is 2.54 bits per heavy atom. The summed E-state index contributed by atoms with van der Waals surface area (Å²) >= 11 is 5.51. The fourth-order valence-electron chi connectivity index (χ4n) is 2.72. The van der Waals surface area contributed by atoms with Gasteiger partial charge < -0.3 is 9.30 Å². The number of hydrogen-bond acceptors (Lipinski definition) is 3. The average Bonchev–Trinajstić information content (AvgIpc) is 2.59. The molecule has 0 saturated carbocycles. The fraction of sp³-hybridized carbons (Fsp3) is 0.200. The summed E-state index contributed by atoms with van der Waals surface area (Å²) in [6, 6.07) is 16.3. The predicted molar refractivity (Wildman–Crippen MR) is 99.0 cm³/mol. The lowest BCUT2D eigenvalue weighted by molar-refractivity contribution is 0.0525. The summed E-state index contributed by atoms with van der Waals surface area (Å²) in [6.45, 7) is 4.86. The van der Waals surface area contributed by atoms with Crippen molar-refractivity contribution >= 4 is 29.1 Å². The van der Waals surface area contributed by atoms with Crippen LogP contribution >= 0.6 is 12.2 Å². The topological polar surface area (TPSA) is 31.2 Å². The molecule has 0 unspecified atom stereocenters. The van der Waals surface area contributed by atoms with Gasteiger partial charge in [0, 0.05) is 23.6 Å². The van der Waals surface area contributed by atoms with E-state index in [-0.39, 0.29) is 5.97 Å². The standard InChI is InChI=1S/C20H19NO2S/c1-3-23-20(22)17-13-21(12-15-10-8-14(2)9-11-15)18-7-5-4-6-16(18)19(17)24/h4-11,13H,3,12H2,1-2H3. The third-order valence-corrected chi connectivity index (χ3v) is 4.40. The first-order valence-electron chi connectivity index (χ1n) is 7.95. The van der Waals surface area contributed by atoms with Crippen molar-refractivity contribution in [3.8, 4) is 0 Å². The Kier molecular flexibility index (Phi) is 4.76. The van der Waals surface area contributed by atoms with E-state index in [1.54, 1.807) is 6.92 Å². The number of pyridine rings is 1. The molecule has 3 nitrogen and oxygen atoms in total. The number of carbonyl (C=O) groups is 1. The van der Waals surface area contributed by atoms with Crippen LogP contribution in [0.15, 0.2) is 54.7 Å². The zero-order valence-corrected chi connectivity index (χ0v) is 14.6. The van der Waals surface area contributed by atoms with Gasteiger partial charge in [-0.3, -0.25) is 0 Å². The van der Waals surface area contributed by atoms with Gasteiger partial charge in [0.25, 0.3) is 0 Å². The number of aryl methyl sites for hydroxylation is 1. The number of aromatic nitrogens is 1. The number of fused-ring (bicyclic) bond motifs is 1. The van der Waals surface area contributed by atoms with Gasteiger partial charge in [0.05, 0.1) is 16.7 Å². The van der Waals surface area contributed by atoms with Crippen LogP contribution in [0.3, 0.4) is 0 Å². The lowest BCUT2D eigenvalue weighted by Gasteiger charge is -2.14. The highest BCUT2D eigenvalue weighted by Crippen LogP contribution is 2.21. The minimum atomic E-state index is -0.370. The number of hydrogen-bond donors (Lipinski definition) is 0. The van der Waals surface area contributed by atoms with Crippen molar-refractivity contribution in [2.24, 2.45) is 0 Å². The number of ether oxygens (including phenoxy) is 1. The Labute approximate surface area is 146 Å². The minimum absolute atomic E-state index is 0.332. The van der Waals surface area contributed by atoms with Crippen LogP contribution in [-0.2, 0) is 11.3 Å². The minimum Gasteiger partial charge on any atom is -0.462 e. The van der Waals surface area contributed by atoms with Crippen LogP contribution in [0.25, 0.3) is 10.9 Å². The van der Waals surface area contributed by atoms with Crippen LogP contribution in [0.1, 0.15) is 28.4 Å². The van der Waals surface area contributed by atoms with Crippen LogP contribution in [-0.4, -0.2) is 17.1 Å². The zero-order valence-electron chi connectivity index (χ0n) is 13.8. The molecule has 3 rings (SSSR count). The number of esters is 1. The number of nitrogens with zero attached hydrogens (tertiary/aromatic N) is 1. The third-order valence-electron chi connectivity index (χ3n) is 3.96. The highest BCUT2D eigenvalue weighted by molar-refractivity contribution is 7.71. The van der Waals surface area contributed by atoms with Crippen molar-refractivity contribution in [2.75, 3.05) is 6.61 Å². The van der Waals surface area contributed by atoms with E-state index in [0.29, 0.717) is 23.2 Å². The maximum absolute atomic E-state index is 12.3. The maximum atomic E-state index is 12.3. The molecule has 0 atom stereocenters. The second kappa shape index (κ2) is 6.97. The Bertz CT molecular complexity index is 942. The molecule has 0 radical (unpaired) electrons. The first-order chi connectivity index (χ1) is 11.6. The molecule has 0 N–H and O–H groups in total. The normalized spacial score (nSPS) is 10.8. The fourth-order valence-corrected chi connectivity index (χ4v) is 3.03. The Balaban J connectivity index is 2.15. The van der Waals surface area contributed by atoms with E-state index >= 15 is 0 Å². The Morgan fingerprint density at radius 2 is 1.83 bits per heavy atom. The first kappa shape index (κ1) is 16.4. The van der Waals surface area contributed by atoms with E-state index in [2.05, 4.69) is 35.8 Å². The van der Waals surface area contributed by atoms with Crippen molar-refractivity contribution in [2.45, 2.75) is 20.4 Å². The summed E-state index contributed by atoms with van der Waals surface area (Å²) in [5.41, 5.74) is 3.85. The second-order valence-corrected chi connectivity index (χ2v) is 6.13. The first-order valence-corrected chi connectivity index (χ1v) is 8.36. The van der Waals surface area contributed by atoms with Gasteiger partial charge in [0.15, 0.2) is 0 Å². The van der Waals surface area contributed by atoms with Crippen molar-refractivity contribution in [1.29, 1.82) is 0 Å². The van der Waals surface area contributed by atoms with E-state index in [4.69, 9.17) is 17.0 Å². The van der Waals surface area contributed by atoms with E-state index in [0.717, 1.165) is 10.9 Å². The molecule has 4 heteroatoms. The average molecular weight is 337 g/mol. The van der Waals surface area contributed by atoms with E-state index in [1.807, 2.05) is 30.5 Å². The Hall–Kier alpha value is -2.46. The number of benzene rings is 2. The summed E-state index contributed by atoms with van der Waals surface area (Å²) in [4.78, 5) is 12.3. The van der Waals surface area contributed by atoms with Crippen LogP contribution < -0.4 is 0 Å². The molecule has 3 aromatic rings. The molecule has 1 aromatic heterocycles. The smallest absolute Gasteiger partial charge is 0.341 e. The van der Waals surface area contributed by atoms with Crippen LogP contribution in [0.2, 0.25) is 0 Å². The van der Waals surface area contributed by atoms with Gasteiger partial charge in [-0.15, -0.1) is 0 Å². The quantitative estimate of drug-likeness (QED) is 0.501. The van der Waals surface area contributed by atoms with Gasteiger partial charge in [0.1, 0.15) is 0 Å². The zero-order chi connectivity index (χ0) is 17.1. The van der Waals surface area contributed by atoms with E-state index < -0.39 is 0 Å². The molecule has 0 amide bonds. The molecule has 0 aliphatic rings. The predicted octanol–water partition coefficient (Wildman–Crippen LogP) is 4.90. The molecule has 0 aliphatic heterocycles. The summed E-state index contributed by atoms with van der Waals surface area (Å²) in [7, 11) is 0. The monoisotopic (exact) mass is 337 g/mol. The van der Waals surface area contributed by atoms with Gasteiger partial charge in [-0.25, -0.2) is 4.79 Å². The molecular formula is C20H19NO2S. The van der Waals surface area contributed by atoms with Gasteiger partial charge in [0.2, 0.25) is 0 Å². The molecule has 0 spiro atoms. The van der Waals surface area contributed by atoms with Gasteiger partial charge in [-0.2, -0.15) is 0 Å². The molecule has 0 aliphatic carbocycles. The van der Waals surface area contributed by atoms with Crippen molar-refractivity contribution in [1.82, 2.24) is 4.57 Å². The Morgan fingerprint density at radius 1 is 1.12 bits per heavy atom. The van der Waals surface area contributed by atoms with Gasteiger partial charge in [-0.1, -0.05) is 60.2 Å². The SMILES string of the molecule is CCOC(=O)c1cn(Cc2ccc(C)cc2)c2ccccc2c1=S.